The van der Waals surface area contributed by atoms with E-state index in [1.165, 1.54) is 5.57 Å². The minimum atomic E-state index is 0.571. The minimum Gasteiger partial charge on any atom is -0.385 e. The SMILES string of the molecule is C=C(C)CCC(CCOC)NC. The number of hydrogen-bond donors (Lipinski definition) is 1. The van der Waals surface area contributed by atoms with Gasteiger partial charge in [-0.05, 0) is 33.2 Å². The number of ether oxygens (including phenoxy) is 1. The van der Waals surface area contributed by atoms with Crippen LogP contribution in [0.1, 0.15) is 26.2 Å². The van der Waals surface area contributed by atoms with Crippen LogP contribution in [0.3, 0.4) is 0 Å². The van der Waals surface area contributed by atoms with E-state index < -0.39 is 0 Å². The lowest BCUT2D eigenvalue weighted by atomic mass is 10.1. The second-order valence-corrected chi connectivity index (χ2v) is 3.26. The van der Waals surface area contributed by atoms with Crippen molar-refractivity contribution in [3.8, 4) is 0 Å². The molecule has 0 bridgehead atoms. The molecule has 0 radical (unpaired) electrons. The van der Waals surface area contributed by atoms with Crippen LogP contribution >= 0.6 is 0 Å². The molecular formula is C10H21NO. The van der Waals surface area contributed by atoms with Crippen molar-refractivity contribution in [1.29, 1.82) is 0 Å². The molecular weight excluding hydrogens is 150 g/mol. The smallest absolute Gasteiger partial charge is 0.0477 e. The highest BCUT2D eigenvalue weighted by molar-refractivity contribution is 4.89. The maximum Gasteiger partial charge on any atom is 0.0477 e. The van der Waals surface area contributed by atoms with E-state index in [1.54, 1.807) is 7.11 Å². The summed E-state index contributed by atoms with van der Waals surface area (Å²) < 4.78 is 5.02. The third-order valence-electron chi connectivity index (χ3n) is 2.00. The van der Waals surface area contributed by atoms with Crippen molar-refractivity contribution in [2.45, 2.75) is 32.2 Å². The molecule has 0 amide bonds. The number of methoxy groups -OCH3 is 1. The normalized spacial score (nSPS) is 12.9. The lowest BCUT2D eigenvalue weighted by molar-refractivity contribution is 0.182. The highest BCUT2D eigenvalue weighted by atomic mass is 16.5. The van der Waals surface area contributed by atoms with E-state index in [1.807, 2.05) is 7.05 Å². The fourth-order valence-electron chi connectivity index (χ4n) is 1.11. The molecule has 0 aromatic heterocycles. The summed E-state index contributed by atoms with van der Waals surface area (Å²) in [6, 6.07) is 0.571. The van der Waals surface area contributed by atoms with Gasteiger partial charge in [-0.2, -0.15) is 0 Å². The zero-order valence-corrected chi connectivity index (χ0v) is 8.52. The van der Waals surface area contributed by atoms with E-state index in [9.17, 15) is 0 Å². The Morgan fingerprint density at radius 1 is 1.50 bits per heavy atom. The van der Waals surface area contributed by atoms with Gasteiger partial charge in [0.25, 0.3) is 0 Å². The lowest BCUT2D eigenvalue weighted by Gasteiger charge is -2.15. The summed E-state index contributed by atoms with van der Waals surface area (Å²) >= 11 is 0. The van der Waals surface area contributed by atoms with Crippen molar-refractivity contribution in [2.24, 2.45) is 0 Å². The summed E-state index contributed by atoms with van der Waals surface area (Å²) in [4.78, 5) is 0. The van der Waals surface area contributed by atoms with E-state index in [4.69, 9.17) is 4.74 Å². The molecule has 0 aliphatic heterocycles. The molecule has 0 heterocycles. The topological polar surface area (TPSA) is 21.3 Å². The summed E-state index contributed by atoms with van der Waals surface area (Å²) in [7, 11) is 3.74. The van der Waals surface area contributed by atoms with Gasteiger partial charge in [0.05, 0.1) is 0 Å². The molecule has 0 aliphatic rings. The number of hydrogen-bond acceptors (Lipinski definition) is 2. The second kappa shape index (κ2) is 7.32. The zero-order valence-electron chi connectivity index (χ0n) is 8.52. The Kier molecular flexibility index (Phi) is 7.11. The highest BCUT2D eigenvalue weighted by Gasteiger charge is 2.04. The molecule has 2 nitrogen and oxygen atoms in total. The molecule has 12 heavy (non-hydrogen) atoms. The molecule has 0 saturated heterocycles. The average Bonchev–Trinajstić information content (AvgIpc) is 2.05. The van der Waals surface area contributed by atoms with E-state index in [-0.39, 0.29) is 0 Å². The molecule has 1 N–H and O–H groups in total. The summed E-state index contributed by atoms with van der Waals surface area (Å²) in [6.45, 7) is 6.79. The van der Waals surface area contributed by atoms with Crippen molar-refractivity contribution < 1.29 is 4.74 Å². The van der Waals surface area contributed by atoms with Gasteiger partial charge >= 0.3 is 0 Å². The van der Waals surface area contributed by atoms with Crippen LogP contribution in [0.25, 0.3) is 0 Å². The van der Waals surface area contributed by atoms with Gasteiger partial charge in [-0.25, -0.2) is 0 Å². The maximum atomic E-state index is 5.02. The van der Waals surface area contributed by atoms with Crippen LogP contribution in [0.4, 0.5) is 0 Å². The molecule has 1 atom stereocenters. The van der Waals surface area contributed by atoms with Crippen LogP contribution in [-0.4, -0.2) is 26.8 Å². The van der Waals surface area contributed by atoms with Crippen LogP contribution in [0, 0.1) is 0 Å². The Hall–Kier alpha value is -0.340. The van der Waals surface area contributed by atoms with Crippen molar-refractivity contribution in [2.75, 3.05) is 20.8 Å². The van der Waals surface area contributed by atoms with Crippen molar-refractivity contribution >= 4 is 0 Å². The largest absolute Gasteiger partial charge is 0.385 e. The fraction of sp³-hybridized carbons (Fsp3) is 0.800. The third kappa shape index (κ3) is 6.38. The van der Waals surface area contributed by atoms with E-state index >= 15 is 0 Å². The van der Waals surface area contributed by atoms with Gasteiger partial charge in [0.1, 0.15) is 0 Å². The first kappa shape index (κ1) is 11.7. The van der Waals surface area contributed by atoms with Crippen LogP contribution in [-0.2, 0) is 4.74 Å². The quantitative estimate of drug-likeness (QED) is 0.591. The van der Waals surface area contributed by atoms with E-state index in [0.29, 0.717) is 6.04 Å². The molecule has 0 aromatic carbocycles. The van der Waals surface area contributed by atoms with Crippen molar-refractivity contribution in [1.82, 2.24) is 5.32 Å². The Bertz CT molecular complexity index is 123. The Labute approximate surface area is 76.0 Å². The first-order chi connectivity index (χ1) is 5.70. The van der Waals surface area contributed by atoms with E-state index in [0.717, 1.165) is 25.9 Å². The van der Waals surface area contributed by atoms with Crippen LogP contribution < -0.4 is 5.32 Å². The zero-order chi connectivity index (χ0) is 9.40. The average molecular weight is 171 g/mol. The van der Waals surface area contributed by atoms with Gasteiger partial charge in [-0.3, -0.25) is 0 Å². The maximum absolute atomic E-state index is 5.02. The molecule has 0 aliphatic carbocycles. The lowest BCUT2D eigenvalue weighted by Crippen LogP contribution is -2.26. The second-order valence-electron chi connectivity index (χ2n) is 3.26. The summed E-state index contributed by atoms with van der Waals surface area (Å²) in [5.74, 6) is 0. The summed E-state index contributed by atoms with van der Waals surface area (Å²) in [5, 5.41) is 3.27. The highest BCUT2D eigenvalue weighted by Crippen LogP contribution is 2.06. The standard InChI is InChI=1S/C10H21NO/c1-9(2)5-6-10(11-3)7-8-12-4/h10-11H,1,5-8H2,2-4H3. The Morgan fingerprint density at radius 3 is 2.58 bits per heavy atom. The van der Waals surface area contributed by atoms with Crippen molar-refractivity contribution in [3.05, 3.63) is 12.2 Å². The van der Waals surface area contributed by atoms with Crippen LogP contribution in [0.2, 0.25) is 0 Å². The first-order valence-electron chi connectivity index (χ1n) is 4.51. The molecule has 0 rings (SSSR count). The van der Waals surface area contributed by atoms with Crippen LogP contribution in [0.5, 0.6) is 0 Å². The summed E-state index contributed by atoms with van der Waals surface area (Å²) in [5.41, 5.74) is 1.26. The monoisotopic (exact) mass is 171 g/mol. The molecule has 0 fully saturated rings. The van der Waals surface area contributed by atoms with Gasteiger partial charge < -0.3 is 10.1 Å². The van der Waals surface area contributed by atoms with Crippen molar-refractivity contribution in [3.63, 3.8) is 0 Å². The van der Waals surface area contributed by atoms with Gasteiger partial charge in [0, 0.05) is 19.8 Å². The summed E-state index contributed by atoms with van der Waals surface area (Å²) in [6.07, 6.45) is 3.35. The third-order valence-corrected chi connectivity index (χ3v) is 2.00. The van der Waals surface area contributed by atoms with Gasteiger partial charge in [-0.1, -0.05) is 5.57 Å². The Morgan fingerprint density at radius 2 is 2.17 bits per heavy atom. The predicted molar refractivity (Wildman–Crippen MR) is 53.4 cm³/mol. The number of rotatable bonds is 7. The van der Waals surface area contributed by atoms with Gasteiger partial charge in [0.15, 0.2) is 0 Å². The van der Waals surface area contributed by atoms with E-state index in [2.05, 4.69) is 18.8 Å². The minimum absolute atomic E-state index is 0.571. The van der Waals surface area contributed by atoms with Gasteiger partial charge in [-0.15, -0.1) is 6.58 Å². The molecule has 2 heteroatoms. The molecule has 1 unspecified atom stereocenters. The molecule has 0 aromatic rings. The molecule has 0 spiro atoms. The Balaban J connectivity index is 3.45. The van der Waals surface area contributed by atoms with Crippen LogP contribution in [0.15, 0.2) is 12.2 Å². The predicted octanol–water partition coefficient (Wildman–Crippen LogP) is 1.97. The first-order valence-corrected chi connectivity index (χ1v) is 4.51. The number of nitrogens with one attached hydrogen (secondary N) is 1. The van der Waals surface area contributed by atoms with Gasteiger partial charge in [0.2, 0.25) is 0 Å². The molecule has 72 valence electrons. The molecule has 0 saturated carbocycles. The fourth-order valence-corrected chi connectivity index (χ4v) is 1.11. The number of allylic oxidation sites excluding steroid dienone is 1.